The number of aromatic hydroxyl groups is 1. The number of carbonyl (C=O) groups is 1. The highest BCUT2D eigenvalue weighted by atomic mass is 35.5. The molecule has 0 fully saturated rings. The zero-order valence-corrected chi connectivity index (χ0v) is 22.4. The van der Waals surface area contributed by atoms with Crippen molar-refractivity contribution in [1.82, 2.24) is 0 Å². The monoisotopic (exact) mass is 573 g/mol. The Morgan fingerprint density at radius 3 is 2.50 bits per heavy atom. The summed E-state index contributed by atoms with van der Waals surface area (Å²) in [5.74, 6) is -0.675. The second kappa shape index (κ2) is 11.0. The fourth-order valence-corrected chi connectivity index (χ4v) is 4.97. The van der Waals surface area contributed by atoms with Crippen LogP contribution in [0, 0.1) is 6.92 Å². The van der Waals surface area contributed by atoms with E-state index in [9.17, 15) is 22.9 Å². The van der Waals surface area contributed by atoms with Gasteiger partial charge in [-0.15, -0.1) is 5.11 Å². The van der Waals surface area contributed by atoms with Crippen molar-refractivity contribution in [2.75, 3.05) is 11.9 Å². The van der Waals surface area contributed by atoms with Crippen LogP contribution in [-0.2, 0) is 10.1 Å². The molecule has 9 nitrogen and oxygen atoms in total. The number of rotatable bonds is 7. The highest BCUT2D eigenvalue weighted by molar-refractivity contribution is 7.85. The van der Waals surface area contributed by atoms with Crippen LogP contribution in [0.1, 0.15) is 22.8 Å². The predicted molar refractivity (Wildman–Crippen MR) is 146 cm³/mol. The average Bonchev–Trinajstić information content (AvgIpc) is 2.86. The summed E-state index contributed by atoms with van der Waals surface area (Å²) in [7, 11) is -4.57. The highest BCUT2D eigenvalue weighted by Crippen LogP contribution is 2.41. The van der Waals surface area contributed by atoms with E-state index in [4.69, 9.17) is 27.9 Å². The number of phenolic OH excluding ortho intramolecular Hbond substituents is 1. The van der Waals surface area contributed by atoms with Gasteiger partial charge in [-0.1, -0.05) is 47.5 Å². The molecule has 12 heteroatoms. The first-order valence-electron chi connectivity index (χ1n) is 11.2. The minimum Gasteiger partial charge on any atom is -0.505 e. The van der Waals surface area contributed by atoms with Crippen LogP contribution in [0.5, 0.6) is 11.5 Å². The van der Waals surface area contributed by atoms with Gasteiger partial charge in [0.25, 0.3) is 16.0 Å². The molecule has 0 atom stereocenters. The molecule has 0 spiro atoms. The fraction of sp³-hybridized carbons (Fsp3) is 0.115. The number of ether oxygens (including phenoxy) is 1. The number of azo groups is 1. The van der Waals surface area contributed by atoms with Gasteiger partial charge in [-0.2, -0.15) is 13.5 Å². The molecule has 0 aromatic heterocycles. The molecule has 0 bridgehead atoms. The Bertz CT molecular complexity index is 1710. The quantitative estimate of drug-likeness (QED) is 0.155. The second-order valence-electron chi connectivity index (χ2n) is 8.10. The maximum atomic E-state index is 13.2. The van der Waals surface area contributed by atoms with E-state index >= 15 is 0 Å². The van der Waals surface area contributed by atoms with E-state index in [1.54, 1.807) is 49.4 Å². The lowest BCUT2D eigenvalue weighted by atomic mass is 10.0. The van der Waals surface area contributed by atoms with Gasteiger partial charge in [-0.25, -0.2) is 0 Å². The first-order chi connectivity index (χ1) is 18.0. The minimum atomic E-state index is -4.57. The second-order valence-corrected chi connectivity index (χ2v) is 10.3. The number of amides is 1. The highest BCUT2D eigenvalue weighted by Gasteiger charge is 2.20. The van der Waals surface area contributed by atoms with Crippen molar-refractivity contribution in [3.05, 3.63) is 81.8 Å². The van der Waals surface area contributed by atoms with Crippen LogP contribution in [0.15, 0.2) is 75.8 Å². The maximum absolute atomic E-state index is 13.2. The summed E-state index contributed by atoms with van der Waals surface area (Å²) in [4.78, 5) is 12.8. The van der Waals surface area contributed by atoms with Crippen molar-refractivity contribution in [2.45, 2.75) is 18.7 Å². The van der Waals surface area contributed by atoms with Crippen LogP contribution in [0.2, 0.25) is 10.0 Å². The number of fused-ring (bicyclic) bond motifs is 1. The molecule has 0 unspecified atom stereocenters. The molecule has 0 heterocycles. The number of nitrogens with one attached hydrogen (secondary N) is 1. The Kier molecular flexibility index (Phi) is 7.89. The van der Waals surface area contributed by atoms with Crippen LogP contribution in [-0.4, -0.2) is 30.6 Å². The van der Waals surface area contributed by atoms with Crippen LogP contribution >= 0.6 is 23.2 Å². The summed E-state index contributed by atoms with van der Waals surface area (Å²) in [5.41, 5.74) is 0.448. The Hall–Kier alpha value is -3.70. The Morgan fingerprint density at radius 2 is 1.79 bits per heavy atom. The fourth-order valence-electron chi connectivity index (χ4n) is 3.75. The number of hydrogen-bond donors (Lipinski definition) is 3. The Balaban J connectivity index is 1.79. The summed E-state index contributed by atoms with van der Waals surface area (Å²) < 4.78 is 38.4. The van der Waals surface area contributed by atoms with Gasteiger partial charge in [0.2, 0.25) is 0 Å². The molecule has 0 aliphatic rings. The lowest BCUT2D eigenvalue weighted by Gasteiger charge is -2.13. The SMILES string of the molecule is CCOc1cc(NC(=O)c2cc3ccccc3c(N=Nc3cc(Cl)cc(S(=O)(=O)O)c3C)c2O)ccc1Cl. The minimum absolute atomic E-state index is 0.00812. The average molecular weight is 574 g/mol. The molecular weight excluding hydrogens is 553 g/mol. The number of benzene rings is 4. The standard InChI is InChI=1S/C26H21Cl2N3O6S/c1-3-37-22-13-17(8-9-20(22)28)29-26(33)19-10-15-6-4-5-7-18(15)24(25(19)32)31-30-21-11-16(27)12-23(14(21)2)38(34,35)36/h4-13,32H,3H2,1-2H3,(H,29,33)(H,34,35,36). The van der Waals surface area contributed by atoms with Crippen molar-refractivity contribution in [3.63, 3.8) is 0 Å². The lowest BCUT2D eigenvalue weighted by Crippen LogP contribution is -2.12. The molecule has 4 rings (SSSR count). The van der Waals surface area contributed by atoms with Gasteiger partial charge in [-0.05, 0) is 55.1 Å². The van der Waals surface area contributed by atoms with E-state index < -0.39 is 26.7 Å². The molecule has 0 saturated heterocycles. The molecule has 196 valence electrons. The van der Waals surface area contributed by atoms with E-state index in [-0.39, 0.29) is 27.5 Å². The zero-order chi connectivity index (χ0) is 27.6. The van der Waals surface area contributed by atoms with E-state index in [0.29, 0.717) is 33.8 Å². The number of carbonyl (C=O) groups excluding carboxylic acids is 1. The number of nitrogens with zero attached hydrogens (tertiary/aromatic N) is 2. The topological polar surface area (TPSA) is 138 Å². The van der Waals surface area contributed by atoms with E-state index in [1.165, 1.54) is 19.1 Å². The van der Waals surface area contributed by atoms with Crippen molar-refractivity contribution in [2.24, 2.45) is 10.2 Å². The maximum Gasteiger partial charge on any atom is 0.294 e. The van der Waals surface area contributed by atoms with Crippen molar-refractivity contribution in [1.29, 1.82) is 0 Å². The van der Waals surface area contributed by atoms with E-state index in [0.717, 1.165) is 6.07 Å². The summed E-state index contributed by atoms with van der Waals surface area (Å²) in [6, 6.07) is 15.6. The van der Waals surface area contributed by atoms with Crippen molar-refractivity contribution < 1.29 is 27.6 Å². The van der Waals surface area contributed by atoms with Crippen molar-refractivity contribution >= 4 is 67.1 Å². The smallest absolute Gasteiger partial charge is 0.294 e. The number of anilines is 1. The molecule has 0 aliphatic heterocycles. The molecule has 0 saturated carbocycles. The van der Waals surface area contributed by atoms with Crippen LogP contribution in [0.3, 0.4) is 0 Å². The summed E-state index contributed by atoms with van der Waals surface area (Å²) in [6.07, 6.45) is 0. The molecule has 4 aromatic carbocycles. The molecule has 0 radical (unpaired) electrons. The van der Waals surface area contributed by atoms with Crippen LogP contribution < -0.4 is 10.1 Å². The largest absolute Gasteiger partial charge is 0.505 e. The third-order valence-electron chi connectivity index (χ3n) is 5.56. The Morgan fingerprint density at radius 1 is 1.05 bits per heavy atom. The molecule has 4 aromatic rings. The number of phenols is 1. The summed E-state index contributed by atoms with van der Waals surface area (Å²) >= 11 is 12.1. The third-order valence-corrected chi connectivity index (χ3v) is 7.07. The molecule has 3 N–H and O–H groups in total. The van der Waals surface area contributed by atoms with Gasteiger partial charge in [-0.3, -0.25) is 9.35 Å². The summed E-state index contributed by atoms with van der Waals surface area (Å²) in [6.45, 7) is 3.62. The third kappa shape index (κ3) is 5.73. The van der Waals surface area contributed by atoms with Gasteiger partial charge < -0.3 is 15.2 Å². The number of hydrogen-bond acceptors (Lipinski definition) is 7. The first kappa shape index (κ1) is 27.3. The zero-order valence-electron chi connectivity index (χ0n) is 20.1. The van der Waals surface area contributed by atoms with E-state index in [2.05, 4.69) is 15.5 Å². The van der Waals surface area contributed by atoms with E-state index in [1.807, 2.05) is 0 Å². The van der Waals surface area contributed by atoms with Gasteiger partial charge in [0.15, 0.2) is 5.75 Å². The molecule has 0 aliphatic carbocycles. The summed E-state index contributed by atoms with van der Waals surface area (Å²) in [5, 5.41) is 23.5. The van der Waals surface area contributed by atoms with Crippen LogP contribution in [0.25, 0.3) is 10.8 Å². The van der Waals surface area contributed by atoms with Gasteiger partial charge >= 0.3 is 0 Å². The van der Waals surface area contributed by atoms with Gasteiger partial charge in [0, 0.05) is 22.2 Å². The normalized spacial score (nSPS) is 11.7. The van der Waals surface area contributed by atoms with Crippen molar-refractivity contribution in [3.8, 4) is 11.5 Å². The number of halogens is 2. The first-order valence-corrected chi connectivity index (χ1v) is 13.4. The molecule has 1 amide bonds. The predicted octanol–water partition coefficient (Wildman–Crippen LogP) is 7.47. The molecule has 38 heavy (non-hydrogen) atoms. The van der Waals surface area contributed by atoms with Crippen LogP contribution in [0.4, 0.5) is 17.1 Å². The molecular formula is C26H21Cl2N3O6S. The lowest BCUT2D eigenvalue weighted by molar-refractivity contribution is 0.102. The van der Waals surface area contributed by atoms with Gasteiger partial charge in [0.1, 0.15) is 16.3 Å². The van der Waals surface area contributed by atoms with Gasteiger partial charge in [0.05, 0.1) is 22.9 Å². The Labute approximate surface area is 228 Å².